The second-order valence-electron chi connectivity index (χ2n) is 4.42. The van der Waals surface area contributed by atoms with E-state index in [0.29, 0.717) is 18.1 Å². The van der Waals surface area contributed by atoms with Gasteiger partial charge in [-0.3, -0.25) is 0 Å². The van der Waals surface area contributed by atoms with E-state index in [1.807, 2.05) is 48.5 Å². The van der Waals surface area contributed by atoms with E-state index in [4.69, 9.17) is 20.9 Å². The van der Waals surface area contributed by atoms with Crippen molar-refractivity contribution >= 4 is 12.2 Å². The smallest absolute Gasteiger partial charge is 0.211 e. The summed E-state index contributed by atoms with van der Waals surface area (Å²) in [6.45, 7) is 0.421. The number of hydrogen-bond donors (Lipinski definition) is 2. The Labute approximate surface area is 129 Å². The lowest BCUT2D eigenvalue weighted by Gasteiger charge is -2.13. The first-order chi connectivity index (χ1) is 10.7. The van der Waals surface area contributed by atoms with E-state index >= 15 is 0 Å². The molecule has 2 rings (SSSR count). The van der Waals surface area contributed by atoms with E-state index in [9.17, 15) is 0 Å². The van der Waals surface area contributed by atoms with Crippen molar-refractivity contribution < 1.29 is 9.47 Å². The van der Waals surface area contributed by atoms with Gasteiger partial charge in [0.05, 0.1) is 13.3 Å². The Kier molecular flexibility index (Phi) is 5.37. The van der Waals surface area contributed by atoms with Crippen LogP contribution >= 0.6 is 0 Å². The SMILES string of the molecule is COc1cccc(C=NN=C(N)N)c1OCc1ccccc1. The first-order valence-corrected chi connectivity index (χ1v) is 6.66. The van der Waals surface area contributed by atoms with Gasteiger partial charge in [0, 0.05) is 5.56 Å². The summed E-state index contributed by atoms with van der Waals surface area (Å²) >= 11 is 0. The van der Waals surface area contributed by atoms with Gasteiger partial charge < -0.3 is 20.9 Å². The summed E-state index contributed by atoms with van der Waals surface area (Å²) in [7, 11) is 1.58. The molecule has 4 N–H and O–H groups in total. The van der Waals surface area contributed by atoms with Crippen molar-refractivity contribution in [1.29, 1.82) is 0 Å². The minimum Gasteiger partial charge on any atom is -0.493 e. The highest BCUT2D eigenvalue weighted by Crippen LogP contribution is 2.30. The highest BCUT2D eigenvalue weighted by atomic mass is 16.5. The molecule has 0 atom stereocenters. The number of hydrogen-bond acceptors (Lipinski definition) is 4. The summed E-state index contributed by atoms with van der Waals surface area (Å²) in [6.07, 6.45) is 1.52. The molecule has 0 saturated carbocycles. The van der Waals surface area contributed by atoms with Crippen LogP contribution in [-0.2, 0) is 6.61 Å². The van der Waals surface area contributed by atoms with Crippen LogP contribution in [0.3, 0.4) is 0 Å². The van der Waals surface area contributed by atoms with E-state index in [-0.39, 0.29) is 5.96 Å². The third-order valence-electron chi connectivity index (χ3n) is 2.83. The van der Waals surface area contributed by atoms with E-state index in [1.165, 1.54) is 6.21 Å². The average molecular weight is 298 g/mol. The molecule has 0 saturated heterocycles. The monoisotopic (exact) mass is 298 g/mol. The fraction of sp³-hybridized carbons (Fsp3) is 0.125. The molecule has 0 bridgehead atoms. The van der Waals surface area contributed by atoms with Crippen LogP contribution in [0.4, 0.5) is 0 Å². The molecule has 0 unspecified atom stereocenters. The highest BCUT2D eigenvalue weighted by Gasteiger charge is 2.09. The van der Waals surface area contributed by atoms with Crippen LogP contribution in [0.15, 0.2) is 58.7 Å². The number of benzene rings is 2. The number of methoxy groups -OCH3 is 1. The van der Waals surface area contributed by atoms with Gasteiger partial charge in [0.25, 0.3) is 0 Å². The van der Waals surface area contributed by atoms with Gasteiger partial charge in [-0.05, 0) is 17.7 Å². The van der Waals surface area contributed by atoms with Gasteiger partial charge in [-0.2, -0.15) is 5.10 Å². The highest BCUT2D eigenvalue weighted by molar-refractivity contribution is 5.86. The van der Waals surface area contributed by atoms with Gasteiger partial charge in [0.15, 0.2) is 11.5 Å². The Morgan fingerprint density at radius 3 is 2.55 bits per heavy atom. The van der Waals surface area contributed by atoms with Crippen molar-refractivity contribution in [3.63, 3.8) is 0 Å². The maximum absolute atomic E-state index is 5.88. The molecule has 6 heteroatoms. The summed E-state index contributed by atoms with van der Waals surface area (Å²) in [6, 6.07) is 15.4. The number of ether oxygens (including phenoxy) is 2. The van der Waals surface area contributed by atoms with Crippen LogP contribution in [-0.4, -0.2) is 19.3 Å². The minimum atomic E-state index is -0.106. The molecule has 0 aromatic heterocycles. The van der Waals surface area contributed by atoms with Crippen LogP contribution < -0.4 is 20.9 Å². The van der Waals surface area contributed by atoms with E-state index in [2.05, 4.69) is 10.2 Å². The van der Waals surface area contributed by atoms with Gasteiger partial charge >= 0.3 is 0 Å². The molecule has 0 radical (unpaired) electrons. The van der Waals surface area contributed by atoms with Gasteiger partial charge in [-0.15, -0.1) is 5.10 Å². The third-order valence-corrected chi connectivity index (χ3v) is 2.83. The molecule has 0 fully saturated rings. The van der Waals surface area contributed by atoms with Gasteiger partial charge in [-0.25, -0.2) is 0 Å². The molecule has 114 valence electrons. The summed E-state index contributed by atoms with van der Waals surface area (Å²) in [5.74, 6) is 1.10. The quantitative estimate of drug-likeness (QED) is 0.483. The minimum absolute atomic E-state index is 0.106. The molecule has 22 heavy (non-hydrogen) atoms. The van der Waals surface area contributed by atoms with Crippen molar-refractivity contribution in [1.82, 2.24) is 0 Å². The maximum atomic E-state index is 5.88. The van der Waals surface area contributed by atoms with Crippen LogP contribution in [0, 0.1) is 0 Å². The Morgan fingerprint density at radius 2 is 1.86 bits per heavy atom. The Hall–Kier alpha value is -3.02. The van der Waals surface area contributed by atoms with E-state index in [1.54, 1.807) is 7.11 Å². The predicted octanol–water partition coefficient (Wildman–Crippen LogP) is 1.88. The Bertz CT molecular complexity index is 665. The maximum Gasteiger partial charge on any atom is 0.211 e. The molecule has 0 aliphatic rings. The third kappa shape index (κ3) is 4.24. The van der Waals surface area contributed by atoms with Crippen LogP contribution in [0.2, 0.25) is 0 Å². The molecule has 0 aliphatic carbocycles. The first kappa shape index (κ1) is 15.4. The van der Waals surface area contributed by atoms with E-state index < -0.39 is 0 Å². The largest absolute Gasteiger partial charge is 0.493 e. The standard InChI is InChI=1S/C16H18N4O2/c1-21-14-9-5-8-13(10-19-20-16(17)18)15(14)22-11-12-6-3-2-4-7-12/h2-10H,11H2,1H3,(H4,17,18,20). The zero-order chi connectivity index (χ0) is 15.8. The molecular formula is C16H18N4O2. The van der Waals surface area contributed by atoms with Crippen molar-refractivity contribution in [2.24, 2.45) is 21.7 Å². The predicted molar refractivity (Wildman–Crippen MR) is 87.2 cm³/mol. The lowest BCUT2D eigenvalue weighted by Crippen LogP contribution is -2.21. The number of para-hydroxylation sites is 1. The first-order valence-electron chi connectivity index (χ1n) is 6.66. The normalized spacial score (nSPS) is 10.4. The molecule has 0 amide bonds. The number of nitrogens with two attached hydrogens (primary N) is 2. The zero-order valence-corrected chi connectivity index (χ0v) is 12.3. The second kappa shape index (κ2) is 7.68. The van der Waals surface area contributed by atoms with Crippen LogP contribution in [0.25, 0.3) is 0 Å². The van der Waals surface area contributed by atoms with Crippen molar-refractivity contribution in [3.8, 4) is 11.5 Å². The molecule has 0 heterocycles. The lowest BCUT2D eigenvalue weighted by molar-refractivity contribution is 0.284. The number of rotatable bonds is 6. The molecule has 6 nitrogen and oxygen atoms in total. The lowest BCUT2D eigenvalue weighted by atomic mass is 10.2. The summed E-state index contributed by atoms with van der Waals surface area (Å²) in [5, 5.41) is 7.39. The summed E-state index contributed by atoms with van der Waals surface area (Å²) in [4.78, 5) is 0. The van der Waals surface area contributed by atoms with Crippen LogP contribution in [0.5, 0.6) is 11.5 Å². The van der Waals surface area contributed by atoms with Crippen molar-refractivity contribution in [2.45, 2.75) is 6.61 Å². The second-order valence-corrected chi connectivity index (χ2v) is 4.42. The molecule has 0 aliphatic heterocycles. The number of nitrogens with zero attached hydrogens (tertiary/aromatic N) is 2. The molecular weight excluding hydrogens is 280 g/mol. The van der Waals surface area contributed by atoms with Crippen molar-refractivity contribution in [3.05, 3.63) is 59.7 Å². The molecule has 2 aromatic rings. The fourth-order valence-electron chi connectivity index (χ4n) is 1.84. The Morgan fingerprint density at radius 1 is 1.09 bits per heavy atom. The summed E-state index contributed by atoms with van der Waals surface area (Å²) < 4.78 is 11.2. The van der Waals surface area contributed by atoms with Crippen molar-refractivity contribution in [2.75, 3.05) is 7.11 Å². The Balaban J connectivity index is 2.23. The average Bonchev–Trinajstić information content (AvgIpc) is 2.54. The van der Waals surface area contributed by atoms with Gasteiger partial charge in [0.2, 0.25) is 5.96 Å². The van der Waals surface area contributed by atoms with Gasteiger partial charge in [-0.1, -0.05) is 36.4 Å². The van der Waals surface area contributed by atoms with Gasteiger partial charge in [0.1, 0.15) is 6.61 Å². The van der Waals surface area contributed by atoms with Crippen LogP contribution in [0.1, 0.15) is 11.1 Å². The topological polar surface area (TPSA) is 95.2 Å². The molecule has 2 aromatic carbocycles. The summed E-state index contributed by atoms with van der Waals surface area (Å²) in [5.41, 5.74) is 12.3. The zero-order valence-electron chi connectivity index (χ0n) is 12.3. The fourth-order valence-corrected chi connectivity index (χ4v) is 1.84. The molecule has 0 spiro atoms. The number of guanidine groups is 1. The van der Waals surface area contributed by atoms with E-state index in [0.717, 1.165) is 11.1 Å².